The molecule has 430 valence electrons. The predicted octanol–water partition coefficient (Wildman–Crippen LogP) is 13.5. The molecule has 0 aromatic rings. The third-order valence-electron chi connectivity index (χ3n) is 14.9. The average molecular weight is 1040 g/mol. The van der Waals surface area contributed by atoms with Gasteiger partial charge in [0.1, 0.15) is 36.6 Å². The van der Waals surface area contributed by atoms with Crippen LogP contribution >= 0.6 is 0 Å². The maximum atomic E-state index is 13.2. The summed E-state index contributed by atoms with van der Waals surface area (Å²) in [6.07, 6.45) is 52.3. The minimum absolute atomic E-state index is 0.247. The Kier molecular flexibility index (Phi) is 48.5. The highest BCUT2D eigenvalue weighted by molar-refractivity contribution is 5.80. The second-order valence-electron chi connectivity index (χ2n) is 21.8. The van der Waals surface area contributed by atoms with E-state index in [9.17, 15) is 40.5 Å². The first kappa shape index (κ1) is 69.3. The van der Waals surface area contributed by atoms with Gasteiger partial charge in [-0.2, -0.15) is 0 Å². The molecule has 8 N–H and O–H groups in total. The predicted molar refractivity (Wildman–Crippen MR) is 302 cm³/mol. The van der Waals surface area contributed by atoms with E-state index in [1.807, 2.05) is 0 Å². The molecule has 9 unspecified atom stereocenters. The summed E-state index contributed by atoms with van der Waals surface area (Å²) in [6.45, 7) is 3.44. The fraction of sp³-hybridized carbons (Fsp3) is 0.887. The summed E-state index contributed by atoms with van der Waals surface area (Å²) in [5.41, 5.74) is 0. The fourth-order valence-electron chi connectivity index (χ4n) is 9.87. The summed E-state index contributed by atoms with van der Waals surface area (Å²) in [5, 5.41) is 76.0. The average Bonchev–Trinajstić information content (AvgIpc) is 3.39. The minimum atomic E-state index is -1.67. The molecule has 0 aliphatic carbocycles. The van der Waals surface area contributed by atoms with Gasteiger partial charge in [0.15, 0.2) is 6.29 Å². The number of unbranched alkanes of at least 4 members (excludes halogenated alkanes) is 35. The van der Waals surface area contributed by atoms with Crippen molar-refractivity contribution in [3.8, 4) is 0 Å². The number of carbonyl (C=O) groups excluding carboxylic acids is 1. The Morgan fingerprint density at radius 1 is 0.466 bits per heavy atom. The number of aliphatic hydroxyl groups is 7. The third kappa shape index (κ3) is 39.4. The molecule has 11 nitrogen and oxygen atoms in total. The van der Waals surface area contributed by atoms with Crippen LogP contribution in [0.5, 0.6) is 0 Å². The van der Waals surface area contributed by atoms with Gasteiger partial charge in [-0.3, -0.25) is 4.79 Å². The summed E-state index contributed by atoms with van der Waals surface area (Å²) >= 11 is 0. The van der Waals surface area contributed by atoms with E-state index in [-0.39, 0.29) is 12.8 Å². The lowest BCUT2D eigenvalue weighted by Crippen LogP contribution is -2.60. The number of carbonyl (C=O) groups is 1. The first-order valence-electron chi connectivity index (χ1n) is 30.9. The van der Waals surface area contributed by atoms with Crippen molar-refractivity contribution >= 4 is 5.91 Å². The van der Waals surface area contributed by atoms with Crippen LogP contribution in [0.3, 0.4) is 0 Å². The van der Waals surface area contributed by atoms with E-state index in [0.29, 0.717) is 19.3 Å². The van der Waals surface area contributed by atoms with E-state index in [2.05, 4.69) is 55.6 Å². The van der Waals surface area contributed by atoms with Crippen molar-refractivity contribution in [2.45, 2.75) is 339 Å². The Balaban J connectivity index is 2.20. The highest BCUT2D eigenvalue weighted by atomic mass is 16.7. The summed E-state index contributed by atoms with van der Waals surface area (Å²) in [4.78, 5) is 13.2. The number of amides is 1. The van der Waals surface area contributed by atoms with Gasteiger partial charge in [-0.15, -0.1) is 0 Å². The topological polar surface area (TPSA) is 189 Å². The molecule has 1 saturated heterocycles. The van der Waals surface area contributed by atoms with Crippen LogP contribution < -0.4 is 5.32 Å². The lowest BCUT2D eigenvalue weighted by Gasteiger charge is -2.40. The van der Waals surface area contributed by atoms with Crippen molar-refractivity contribution in [2.24, 2.45) is 0 Å². The van der Waals surface area contributed by atoms with Crippen LogP contribution in [0.1, 0.15) is 284 Å². The van der Waals surface area contributed by atoms with Crippen molar-refractivity contribution in [1.82, 2.24) is 5.32 Å². The van der Waals surface area contributed by atoms with E-state index in [0.717, 1.165) is 38.5 Å². The van der Waals surface area contributed by atoms with Crippen molar-refractivity contribution in [2.75, 3.05) is 13.2 Å². The largest absolute Gasteiger partial charge is 0.394 e. The number of hydrogen-bond acceptors (Lipinski definition) is 10. The zero-order valence-corrected chi connectivity index (χ0v) is 47.1. The number of allylic oxidation sites excluding steroid dienone is 6. The van der Waals surface area contributed by atoms with Gasteiger partial charge < -0.3 is 50.5 Å². The number of rotatable bonds is 53. The zero-order chi connectivity index (χ0) is 53.3. The normalized spacial score (nSPS) is 20.2. The Morgan fingerprint density at radius 2 is 0.822 bits per heavy atom. The Labute approximate surface area is 447 Å². The number of ether oxygens (including phenoxy) is 2. The van der Waals surface area contributed by atoms with Crippen LogP contribution in [0.15, 0.2) is 36.5 Å². The van der Waals surface area contributed by atoms with Gasteiger partial charge >= 0.3 is 0 Å². The highest BCUT2D eigenvalue weighted by Gasteiger charge is 2.44. The second kappa shape index (κ2) is 51.1. The monoisotopic (exact) mass is 1040 g/mol. The minimum Gasteiger partial charge on any atom is -0.394 e. The van der Waals surface area contributed by atoms with Crippen LogP contribution in [-0.4, -0.2) is 110 Å². The molecule has 73 heavy (non-hydrogen) atoms. The van der Waals surface area contributed by atoms with E-state index < -0.39 is 74.2 Å². The number of hydrogen-bond donors (Lipinski definition) is 8. The molecule has 0 radical (unpaired) electrons. The maximum Gasteiger partial charge on any atom is 0.249 e. The Bertz CT molecular complexity index is 1280. The lowest BCUT2D eigenvalue weighted by molar-refractivity contribution is -0.303. The SMILES string of the molecule is CCCCCCC/C=C/CC/C=C/CCCC(O)C(O)C(COC1OC(CO)C(O)C(O)C1O)NC(=O)C(O)CCCCCCCCCCCCCCCCCC/C=C\CCCCCCCCCCCCCC. The number of nitrogens with one attached hydrogen (secondary N) is 1. The highest BCUT2D eigenvalue weighted by Crippen LogP contribution is 2.23. The molecule has 9 atom stereocenters. The molecule has 1 aliphatic rings. The summed E-state index contributed by atoms with van der Waals surface area (Å²) in [7, 11) is 0. The standard InChI is InChI=1S/C62H117NO10/c1-3-5-7-9-11-13-15-17-19-20-21-22-23-24-25-26-27-28-29-30-31-32-33-34-35-36-38-40-42-44-46-48-50-55(66)61(71)63-53(52-72-62-60(70)59(69)58(68)56(51-64)73-62)57(67)54(65)49-47-45-43-41-39-37-18-16-14-12-10-8-6-4-2/h16,18,24-25,41,43,53-60,62,64-70H,3-15,17,19-23,26-40,42,44-52H2,1-2H3,(H,63,71)/b18-16+,25-24-,43-41+. The molecule has 1 heterocycles. The van der Waals surface area contributed by atoms with E-state index in [4.69, 9.17) is 9.47 Å². The molecule has 0 bridgehead atoms. The van der Waals surface area contributed by atoms with Gasteiger partial charge in [0.25, 0.3) is 0 Å². The van der Waals surface area contributed by atoms with Gasteiger partial charge in [-0.05, 0) is 77.0 Å². The van der Waals surface area contributed by atoms with Crippen LogP contribution in [0.25, 0.3) is 0 Å². The molecule has 0 spiro atoms. The van der Waals surface area contributed by atoms with Crippen LogP contribution in [0.4, 0.5) is 0 Å². The van der Waals surface area contributed by atoms with Gasteiger partial charge in [-0.1, -0.05) is 243 Å². The van der Waals surface area contributed by atoms with Gasteiger partial charge in [0, 0.05) is 0 Å². The Hall–Kier alpha value is -1.67. The molecule has 0 aromatic heterocycles. The van der Waals surface area contributed by atoms with Crippen LogP contribution in [0.2, 0.25) is 0 Å². The van der Waals surface area contributed by atoms with E-state index >= 15 is 0 Å². The molecule has 11 heteroatoms. The first-order chi connectivity index (χ1) is 35.7. The first-order valence-corrected chi connectivity index (χ1v) is 30.9. The molecular weight excluding hydrogens is 919 g/mol. The van der Waals surface area contributed by atoms with E-state index in [1.165, 1.54) is 199 Å². The third-order valence-corrected chi connectivity index (χ3v) is 14.9. The van der Waals surface area contributed by atoms with Crippen molar-refractivity contribution < 1.29 is 50.0 Å². The molecule has 1 rings (SSSR count). The Morgan fingerprint density at radius 3 is 1.22 bits per heavy atom. The van der Waals surface area contributed by atoms with Gasteiger partial charge in [0.05, 0.1) is 25.4 Å². The van der Waals surface area contributed by atoms with Crippen LogP contribution in [-0.2, 0) is 14.3 Å². The zero-order valence-electron chi connectivity index (χ0n) is 47.1. The number of aliphatic hydroxyl groups excluding tert-OH is 7. The maximum absolute atomic E-state index is 13.2. The quantitative estimate of drug-likeness (QED) is 0.0215. The van der Waals surface area contributed by atoms with Crippen LogP contribution in [0, 0.1) is 0 Å². The summed E-state index contributed by atoms with van der Waals surface area (Å²) < 4.78 is 11.1. The van der Waals surface area contributed by atoms with E-state index in [1.54, 1.807) is 0 Å². The van der Waals surface area contributed by atoms with Crippen molar-refractivity contribution in [3.05, 3.63) is 36.5 Å². The van der Waals surface area contributed by atoms with Gasteiger partial charge in [0.2, 0.25) is 5.91 Å². The molecule has 1 amide bonds. The molecule has 0 aromatic carbocycles. The second-order valence-corrected chi connectivity index (χ2v) is 21.8. The summed E-state index contributed by atoms with van der Waals surface area (Å²) in [6, 6.07) is -1.19. The lowest BCUT2D eigenvalue weighted by atomic mass is 9.98. The fourth-order valence-corrected chi connectivity index (χ4v) is 9.87. The van der Waals surface area contributed by atoms with Gasteiger partial charge in [-0.25, -0.2) is 0 Å². The molecule has 0 saturated carbocycles. The van der Waals surface area contributed by atoms with Crippen molar-refractivity contribution in [3.63, 3.8) is 0 Å². The smallest absolute Gasteiger partial charge is 0.249 e. The van der Waals surface area contributed by atoms with Crippen molar-refractivity contribution in [1.29, 1.82) is 0 Å². The molecule has 1 aliphatic heterocycles. The summed E-state index contributed by atoms with van der Waals surface area (Å²) in [5.74, 6) is -0.708. The molecule has 1 fully saturated rings. The molecular formula is C62H117NO10.